The van der Waals surface area contributed by atoms with E-state index in [1.807, 2.05) is 31.2 Å². The average Bonchev–Trinajstić information content (AvgIpc) is 3.49. The molecule has 0 radical (unpaired) electrons. The number of rotatable bonds is 10. The molecule has 1 unspecified atom stereocenters. The van der Waals surface area contributed by atoms with Crippen LogP contribution in [0.2, 0.25) is 0 Å². The van der Waals surface area contributed by atoms with E-state index in [1.165, 1.54) is 22.2 Å². The van der Waals surface area contributed by atoms with Crippen molar-refractivity contribution in [3.8, 4) is 0 Å². The lowest BCUT2D eigenvalue weighted by Crippen LogP contribution is -2.23. The molecular formula is C25H25N5O2S2. The fourth-order valence-electron chi connectivity index (χ4n) is 3.39. The maximum atomic E-state index is 12.8. The summed E-state index contributed by atoms with van der Waals surface area (Å²) in [6.45, 7) is 2.57. The number of amides is 2. The van der Waals surface area contributed by atoms with Crippen LogP contribution in [0.4, 0.5) is 5.69 Å². The first-order valence-corrected chi connectivity index (χ1v) is 12.6. The second-order valence-electron chi connectivity index (χ2n) is 7.73. The molecule has 0 bridgehead atoms. The van der Waals surface area contributed by atoms with Crippen molar-refractivity contribution in [1.29, 1.82) is 0 Å². The van der Waals surface area contributed by atoms with Crippen molar-refractivity contribution in [3.05, 3.63) is 93.9 Å². The first-order chi connectivity index (χ1) is 16.5. The molecular weight excluding hydrogens is 466 g/mol. The van der Waals surface area contributed by atoms with E-state index in [-0.39, 0.29) is 5.91 Å². The molecule has 2 aromatic heterocycles. The summed E-state index contributed by atoms with van der Waals surface area (Å²) in [6.07, 6.45) is 1.55. The molecule has 0 saturated heterocycles. The molecule has 2 aromatic carbocycles. The molecule has 34 heavy (non-hydrogen) atoms. The molecule has 0 fully saturated rings. The molecule has 174 valence electrons. The van der Waals surface area contributed by atoms with Gasteiger partial charge in [-0.25, -0.2) is 0 Å². The molecule has 4 aromatic rings. The monoisotopic (exact) mass is 491 g/mol. The van der Waals surface area contributed by atoms with Crippen molar-refractivity contribution < 1.29 is 9.59 Å². The van der Waals surface area contributed by atoms with E-state index in [1.54, 1.807) is 35.6 Å². The zero-order valence-corrected chi connectivity index (χ0v) is 20.3. The van der Waals surface area contributed by atoms with Gasteiger partial charge in [0, 0.05) is 29.1 Å². The van der Waals surface area contributed by atoms with E-state index in [0.717, 1.165) is 18.8 Å². The van der Waals surface area contributed by atoms with E-state index in [9.17, 15) is 9.59 Å². The highest BCUT2D eigenvalue weighted by Gasteiger charge is 2.21. The normalized spacial score (nSPS) is 11.8. The summed E-state index contributed by atoms with van der Waals surface area (Å²) in [5.74, 6) is 0.222. The Morgan fingerprint density at radius 2 is 1.82 bits per heavy atom. The molecule has 0 spiro atoms. The van der Waals surface area contributed by atoms with Gasteiger partial charge in [0.2, 0.25) is 11.8 Å². The Bertz CT molecular complexity index is 1240. The van der Waals surface area contributed by atoms with Crippen molar-refractivity contribution in [2.45, 2.75) is 36.7 Å². The van der Waals surface area contributed by atoms with E-state index in [2.05, 4.69) is 43.7 Å². The molecule has 0 aliphatic heterocycles. The van der Waals surface area contributed by atoms with Crippen molar-refractivity contribution in [2.24, 2.45) is 5.73 Å². The summed E-state index contributed by atoms with van der Waals surface area (Å²) in [5.41, 5.74) is 7.51. The summed E-state index contributed by atoms with van der Waals surface area (Å²) >= 11 is 3.07. The molecule has 1 atom stereocenters. The standard InChI is InChI=1S/C25H25N5O2S2/c1-17(24(32)27-20-11-9-19(10-12-20)23(26)31)34-25-29-28-22(16-21-8-5-15-33-21)30(25)14-13-18-6-3-2-4-7-18/h2-12,15,17H,13-14,16H2,1H3,(H2,26,31)(H,27,32). The van der Waals surface area contributed by atoms with Crippen LogP contribution in [0.25, 0.3) is 0 Å². The Morgan fingerprint density at radius 3 is 2.50 bits per heavy atom. The number of aryl methyl sites for hydroxylation is 1. The Hall–Kier alpha value is -3.43. The average molecular weight is 492 g/mol. The van der Waals surface area contributed by atoms with Gasteiger partial charge in [-0.2, -0.15) is 0 Å². The SMILES string of the molecule is CC(Sc1nnc(Cc2cccs2)n1CCc1ccccc1)C(=O)Nc1ccc(C(N)=O)cc1. The first-order valence-electron chi connectivity index (χ1n) is 10.9. The van der Waals surface area contributed by atoms with Crippen LogP contribution in [0.3, 0.4) is 0 Å². The van der Waals surface area contributed by atoms with Gasteiger partial charge in [0.25, 0.3) is 0 Å². The van der Waals surface area contributed by atoms with Crippen molar-refractivity contribution >= 4 is 40.6 Å². The van der Waals surface area contributed by atoms with Crippen LogP contribution in [-0.2, 0) is 24.2 Å². The zero-order chi connectivity index (χ0) is 23.9. The van der Waals surface area contributed by atoms with Gasteiger partial charge >= 0.3 is 0 Å². The lowest BCUT2D eigenvalue weighted by atomic mass is 10.1. The second-order valence-corrected chi connectivity index (χ2v) is 10.1. The molecule has 0 saturated carbocycles. The van der Waals surface area contributed by atoms with Crippen LogP contribution >= 0.6 is 23.1 Å². The molecule has 2 amide bonds. The number of hydrogen-bond acceptors (Lipinski definition) is 6. The highest BCUT2D eigenvalue weighted by molar-refractivity contribution is 8.00. The second kappa shape index (κ2) is 11.1. The number of thioether (sulfide) groups is 1. The predicted molar refractivity (Wildman–Crippen MR) is 136 cm³/mol. The largest absolute Gasteiger partial charge is 0.366 e. The molecule has 4 rings (SSSR count). The third-order valence-electron chi connectivity index (χ3n) is 5.26. The Balaban J connectivity index is 1.47. The lowest BCUT2D eigenvalue weighted by molar-refractivity contribution is -0.115. The Kier molecular flexibility index (Phi) is 7.76. The molecule has 0 aliphatic rings. The van der Waals surface area contributed by atoms with Crippen LogP contribution in [0.1, 0.15) is 33.5 Å². The lowest BCUT2D eigenvalue weighted by Gasteiger charge is -2.14. The number of primary amides is 1. The number of carbonyl (C=O) groups is 2. The summed E-state index contributed by atoms with van der Waals surface area (Å²) in [6, 6.07) is 20.9. The van der Waals surface area contributed by atoms with Crippen LogP contribution in [0.15, 0.2) is 77.3 Å². The summed E-state index contributed by atoms with van der Waals surface area (Å²) < 4.78 is 2.11. The molecule has 2 heterocycles. The molecule has 0 aliphatic carbocycles. The fourth-order valence-corrected chi connectivity index (χ4v) is 4.99. The van der Waals surface area contributed by atoms with Crippen LogP contribution in [-0.4, -0.2) is 31.8 Å². The number of hydrogen-bond donors (Lipinski definition) is 2. The van der Waals surface area contributed by atoms with Crippen LogP contribution in [0.5, 0.6) is 0 Å². The minimum Gasteiger partial charge on any atom is -0.366 e. The predicted octanol–water partition coefficient (Wildman–Crippen LogP) is 4.39. The number of nitrogens with zero attached hydrogens (tertiary/aromatic N) is 3. The maximum Gasteiger partial charge on any atom is 0.248 e. The topological polar surface area (TPSA) is 103 Å². The smallest absolute Gasteiger partial charge is 0.248 e. The highest BCUT2D eigenvalue weighted by Crippen LogP contribution is 2.25. The van der Waals surface area contributed by atoms with Crippen molar-refractivity contribution in [3.63, 3.8) is 0 Å². The van der Waals surface area contributed by atoms with Crippen LogP contribution in [0, 0.1) is 0 Å². The number of thiophene rings is 1. The van der Waals surface area contributed by atoms with E-state index >= 15 is 0 Å². The Morgan fingerprint density at radius 1 is 1.06 bits per heavy atom. The van der Waals surface area contributed by atoms with Gasteiger partial charge < -0.3 is 15.6 Å². The van der Waals surface area contributed by atoms with Gasteiger partial charge in [0.05, 0.1) is 5.25 Å². The molecule has 3 N–H and O–H groups in total. The number of benzene rings is 2. The van der Waals surface area contributed by atoms with E-state index in [4.69, 9.17) is 5.73 Å². The maximum absolute atomic E-state index is 12.8. The fraction of sp³-hybridized carbons (Fsp3) is 0.200. The minimum absolute atomic E-state index is 0.158. The number of aromatic nitrogens is 3. The number of carbonyl (C=O) groups excluding carboxylic acids is 2. The van der Waals surface area contributed by atoms with Gasteiger partial charge in [-0.05, 0) is 54.6 Å². The Labute approximate surface area is 206 Å². The zero-order valence-electron chi connectivity index (χ0n) is 18.7. The number of nitrogens with one attached hydrogen (secondary N) is 1. The van der Waals surface area contributed by atoms with Crippen molar-refractivity contribution in [1.82, 2.24) is 14.8 Å². The van der Waals surface area contributed by atoms with Gasteiger partial charge in [-0.1, -0.05) is 48.2 Å². The van der Waals surface area contributed by atoms with Gasteiger partial charge in [-0.15, -0.1) is 21.5 Å². The number of anilines is 1. The van der Waals surface area contributed by atoms with Crippen molar-refractivity contribution in [2.75, 3.05) is 5.32 Å². The number of nitrogens with two attached hydrogens (primary N) is 1. The third kappa shape index (κ3) is 6.12. The molecule has 7 nitrogen and oxygen atoms in total. The van der Waals surface area contributed by atoms with E-state index in [0.29, 0.717) is 22.8 Å². The quantitative estimate of drug-likeness (QED) is 0.320. The summed E-state index contributed by atoms with van der Waals surface area (Å²) in [4.78, 5) is 25.3. The van der Waals surface area contributed by atoms with E-state index < -0.39 is 11.2 Å². The third-order valence-corrected chi connectivity index (χ3v) is 7.22. The summed E-state index contributed by atoms with van der Waals surface area (Å²) in [5, 5.41) is 14.1. The first kappa shape index (κ1) is 23.7. The minimum atomic E-state index is -0.505. The van der Waals surface area contributed by atoms with Gasteiger partial charge in [-0.3, -0.25) is 9.59 Å². The summed E-state index contributed by atoms with van der Waals surface area (Å²) in [7, 11) is 0. The van der Waals surface area contributed by atoms with Crippen LogP contribution < -0.4 is 11.1 Å². The molecule has 9 heteroatoms. The highest BCUT2D eigenvalue weighted by atomic mass is 32.2. The van der Waals surface area contributed by atoms with Gasteiger partial charge in [0.15, 0.2) is 5.16 Å². The van der Waals surface area contributed by atoms with Gasteiger partial charge in [0.1, 0.15) is 5.82 Å².